The third-order valence-electron chi connectivity index (χ3n) is 4.03. The van der Waals surface area contributed by atoms with Crippen molar-refractivity contribution in [1.82, 2.24) is 9.88 Å². The molecular weight excluding hydrogens is 282 g/mol. The van der Waals surface area contributed by atoms with E-state index in [0.29, 0.717) is 0 Å². The number of nitrogens with zero attached hydrogens (tertiary/aromatic N) is 2. The average molecular weight is 301 g/mol. The summed E-state index contributed by atoms with van der Waals surface area (Å²) in [6.07, 6.45) is 1.77. The molecule has 1 aromatic carbocycles. The Labute approximate surface area is 128 Å². The summed E-state index contributed by atoms with van der Waals surface area (Å²) in [5.41, 5.74) is 5.09. The molecule has 0 bridgehead atoms. The maximum Gasteiger partial charge on any atom is 0.241 e. The number of amides is 1. The molecule has 1 N–H and O–H groups in total. The van der Waals surface area contributed by atoms with E-state index in [4.69, 9.17) is 0 Å². The van der Waals surface area contributed by atoms with E-state index >= 15 is 0 Å². The molecule has 0 radical (unpaired) electrons. The number of hydrogen-bond donors (Lipinski definition) is 1. The van der Waals surface area contributed by atoms with Crippen molar-refractivity contribution in [2.45, 2.75) is 32.4 Å². The van der Waals surface area contributed by atoms with E-state index < -0.39 is 0 Å². The number of nitrogens with one attached hydrogen (secondary N) is 1. The molecule has 0 aliphatic carbocycles. The van der Waals surface area contributed by atoms with Crippen molar-refractivity contribution in [2.75, 3.05) is 12.4 Å². The monoisotopic (exact) mass is 301 g/mol. The Bertz CT molecular complexity index is 652. The van der Waals surface area contributed by atoms with Gasteiger partial charge in [-0.3, -0.25) is 9.69 Å². The van der Waals surface area contributed by atoms with E-state index in [1.165, 1.54) is 10.4 Å². The topological polar surface area (TPSA) is 45.2 Å². The second-order valence-corrected chi connectivity index (χ2v) is 6.42. The van der Waals surface area contributed by atoms with Crippen LogP contribution >= 0.6 is 11.3 Å². The number of rotatable bonds is 3. The quantitative estimate of drug-likeness (QED) is 0.948. The Morgan fingerprint density at radius 3 is 3.00 bits per heavy atom. The number of hydrogen-bond acceptors (Lipinski definition) is 4. The van der Waals surface area contributed by atoms with Gasteiger partial charge in [0, 0.05) is 17.1 Å². The minimum absolute atomic E-state index is 0.0876. The van der Waals surface area contributed by atoms with Crippen LogP contribution in [0.2, 0.25) is 0 Å². The van der Waals surface area contributed by atoms with Gasteiger partial charge in [0.2, 0.25) is 5.91 Å². The van der Waals surface area contributed by atoms with Gasteiger partial charge in [0.05, 0.1) is 17.2 Å². The molecule has 5 heteroatoms. The van der Waals surface area contributed by atoms with Crippen LogP contribution < -0.4 is 5.32 Å². The number of anilines is 1. The first-order valence-corrected chi connectivity index (χ1v) is 8.01. The Kier molecular flexibility index (Phi) is 4.03. The first kappa shape index (κ1) is 14.2. The molecule has 3 rings (SSSR count). The second kappa shape index (κ2) is 5.95. The number of thiazole rings is 1. The van der Waals surface area contributed by atoms with E-state index in [2.05, 4.69) is 21.3 Å². The van der Waals surface area contributed by atoms with Gasteiger partial charge in [-0.25, -0.2) is 4.98 Å². The number of aromatic nitrogens is 1. The molecule has 4 nitrogen and oxygen atoms in total. The van der Waals surface area contributed by atoms with Crippen molar-refractivity contribution in [3.05, 3.63) is 45.9 Å². The Hall–Kier alpha value is -1.72. The lowest BCUT2D eigenvalue weighted by Gasteiger charge is -2.25. The Morgan fingerprint density at radius 2 is 2.24 bits per heavy atom. The van der Waals surface area contributed by atoms with Crippen LogP contribution in [0.25, 0.3) is 0 Å². The number of benzene rings is 1. The highest BCUT2D eigenvalue weighted by atomic mass is 32.1. The minimum atomic E-state index is -0.0982. The molecule has 2 aromatic rings. The summed E-state index contributed by atoms with van der Waals surface area (Å²) in [6, 6.07) is 7.95. The van der Waals surface area contributed by atoms with Gasteiger partial charge in [-0.15, -0.1) is 11.3 Å². The summed E-state index contributed by atoms with van der Waals surface area (Å²) < 4.78 is 0. The second-order valence-electron chi connectivity index (χ2n) is 5.48. The number of para-hydroxylation sites is 1. The summed E-state index contributed by atoms with van der Waals surface area (Å²) in [4.78, 5) is 20.1. The molecule has 0 saturated carbocycles. The molecule has 1 amide bonds. The molecule has 1 aliphatic rings. The number of carbonyl (C=O) groups is 1. The fourth-order valence-electron chi connectivity index (χ4n) is 2.73. The van der Waals surface area contributed by atoms with E-state index in [0.717, 1.165) is 30.8 Å². The summed E-state index contributed by atoms with van der Waals surface area (Å²) in [6.45, 7) is 2.79. The zero-order valence-electron chi connectivity index (χ0n) is 12.3. The summed E-state index contributed by atoms with van der Waals surface area (Å²) in [5, 5.41) is 3.05. The lowest BCUT2D eigenvalue weighted by molar-refractivity contribution is -0.121. The third-order valence-corrected chi connectivity index (χ3v) is 4.95. The maximum atomic E-state index is 12.5. The van der Waals surface area contributed by atoms with Gasteiger partial charge in [-0.1, -0.05) is 18.2 Å². The van der Waals surface area contributed by atoms with Gasteiger partial charge in [0.1, 0.15) is 0 Å². The number of carbonyl (C=O) groups excluding carboxylic acids is 1. The van der Waals surface area contributed by atoms with Crippen LogP contribution in [0, 0.1) is 6.92 Å². The van der Waals surface area contributed by atoms with Gasteiger partial charge in [0.15, 0.2) is 0 Å². The maximum absolute atomic E-state index is 12.5. The van der Waals surface area contributed by atoms with Crippen LogP contribution in [0.15, 0.2) is 29.8 Å². The Morgan fingerprint density at radius 1 is 1.43 bits per heavy atom. The fraction of sp³-hybridized carbons (Fsp3) is 0.375. The van der Waals surface area contributed by atoms with Gasteiger partial charge < -0.3 is 5.32 Å². The molecule has 1 aliphatic heterocycles. The van der Waals surface area contributed by atoms with E-state index in [9.17, 15) is 4.79 Å². The first-order valence-electron chi connectivity index (χ1n) is 7.13. The molecule has 0 fully saturated rings. The fourth-order valence-corrected chi connectivity index (χ4v) is 3.57. The molecule has 21 heavy (non-hydrogen) atoms. The minimum Gasteiger partial charge on any atom is -0.324 e. The Balaban J connectivity index is 1.75. The van der Waals surface area contributed by atoms with Gasteiger partial charge in [-0.2, -0.15) is 0 Å². The molecule has 1 aromatic heterocycles. The van der Waals surface area contributed by atoms with E-state index in [1.807, 2.05) is 37.7 Å². The largest absolute Gasteiger partial charge is 0.324 e. The smallest absolute Gasteiger partial charge is 0.241 e. The van der Waals surface area contributed by atoms with E-state index in [-0.39, 0.29) is 11.9 Å². The van der Waals surface area contributed by atoms with Gasteiger partial charge >= 0.3 is 0 Å². The van der Waals surface area contributed by atoms with Crippen molar-refractivity contribution in [2.24, 2.45) is 0 Å². The highest BCUT2D eigenvalue weighted by Gasteiger charge is 2.27. The predicted molar refractivity (Wildman–Crippen MR) is 85.5 cm³/mol. The van der Waals surface area contributed by atoms with Crippen molar-refractivity contribution in [3.8, 4) is 0 Å². The highest BCUT2D eigenvalue weighted by Crippen LogP contribution is 2.24. The number of aryl methyl sites for hydroxylation is 2. The summed E-state index contributed by atoms with van der Waals surface area (Å²) in [5.74, 6) is 0.0876. The van der Waals surface area contributed by atoms with Crippen LogP contribution in [0.5, 0.6) is 0 Å². The lowest BCUT2D eigenvalue weighted by atomic mass is 10.1. The molecule has 1 unspecified atom stereocenters. The molecule has 0 saturated heterocycles. The molecule has 110 valence electrons. The average Bonchev–Trinajstić information content (AvgIpc) is 2.78. The molecule has 1 atom stereocenters. The van der Waals surface area contributed by atoms with Gasteiger partial charge in [-0.05, 0) is 38.4 Å². The van der Waals surface area contributed by atoms with Crippen molar-refractivity contribution in [3.63, 3.8) is 0 Å². The van der Waals surface area contributed by atoms with Crippen LogP contribution in [0.1, 0.15) is 22.6 Å². The first-order chi connectivity index (χ1) is 10.1. The van der Waals surface area contributed by atoms with Crippen molar-refractivity contribution < 1.29 is 4.79 Å². The normalized spacial score (nSPS) is 18.2. The number of fused-ring (bicyclic) bond motifs is 1. The van der Waals surface area contributed by atoms with Crippen molar-refractivity contribution in [1.29, 1.82) is 0 Å². The number of likely N-dealkylation sites (N-methyl/N-ethyl adjacent to an activating group) is 1. The van der Waals surface area contributed by atoms with Gasteiger partial charge in [0.25, 0.3) is 0 Å². The van der Waals surface area contributed by atoms with Crippen LogP contribution in [0.4, 0.5) is 5.69 Å². The summed E-state index contributed by atoms with van der Waals surface area (Å²) in [7, 11) is 2.01. The SMILES string of the molecule is Cc1ncsc1CN(C)C1CCc2ccccc2NC1=O. The third kappa shape index (κ3) is 2.99. The molecule has 0 spiro atoms. The molecule has 2 heterocycles. The zero-order chi connectivity index (χ0) is 14.8. The van der Waals surface area contributed by atoms with Crippen LogP contribution in [-0.4, -0.2) is 28.9 Å². The highest BCUT2D eigenvalue weighted by molar-refractivity contribution is 7.09. The summed E-state index contributed by atoms with van der Waals surface area (Å²) >= 11 is 1.65. The van der Waals surface area contributed by atoms with Crippen LogP contribution in [-0.2, 0) is 17.8 Å². The lowest BCUT2D eigenvalue weighted by Crippen LogP contribution is -2.40. The van der Waals surface area contributed by atoms with Crippen molar-refractivity contribution >= 4 is 22.9 Å². The standard InChI is InChI=1S/C16H19N3OS/c1-11-15(21-10-17-11)9-19(2)14-8-7-12-5-3-4-6-13(12)18-16(14)20/h3-6,10,14H,7-9H2,1-2H3,(H,18,20). The van der Waals surface area contributed by atoms with Crippen LogP contribution in [0.3, 0.4) is 0 Å². The molecular formula is C16H19N3OS. The zero-order valence-corrected chi connectivity index (χ0v) is 13.1. The predicted octanol–water partition coefficient (Wildman–Crippen LogP) is 2.84. The van der Waals surface area contributed by atoms with E-state index in [1.54, 1.807) is 11.3 Å².